The van der Waals surface area contributed by atoms with Crippen LogP contribution in [0.1, 0.15) is 13.8 Å². The number of carbonyl (C=O) groups is 1. The van der Waals surface area contributed by atoms with Crippen LogP contribution >= 0.6 is 11.6 Å². The number of carbonyl (C=O) groups excluding carboxylic acids is 1. The van der Waals surface area contributed by atoms with Crippen LogP contribution in [0.5, 0.6) is 11.5 Å². The molecule has 0 aromatic heterocycles. The van der Waals surface area contributed by atoms with E-state index in [1.807, 2.05) is 31.2 Å². The highest BCUT2D eigenvalue weighted by atomic mass is 35.5. The first-order valence-electron chi connectivity index (χ1n) is 7.67. The number of hydrogen-bond donors (Lipinski definition) is 2. The summed E-state index contributed by atoms with van der Waals surface area (Å²) in [5, 5.41) is 6.49. The molecule has 5 nitrogen and oxygen atoms in total. The third-order valence-corrected chi connectivity index (χ3v) is 3.60. The second-order valence-corrected chi connectivity index (χ2v) is 5.59. The van der Waals surface area contributed by atoms with Gasteiger partial charge in [0.15, 0.2) is 0 Å². The van der Waals surface area contributed by atoms with Gasteiger partial charge in [-0.1, -0.05) is 11.6 Å². The monoisotopic (exact) mass is 348 g/mol. The fourth-order valence-electron chi connectivity index (χ4n) is 2.15. The third kappa shape index (κ3) is 4.80. The normalized spacial score (nSPS) is 11.5. The Kier molecular flexibility index (Phi) is 6.32. The van der Waals surface area contributed by atoms with Crippen molar-refractivity contribution in [3.8, 4) is 11.5 Å². The molecule has 0 fully saturated rings. The lowest BCUT2D eigenvalue weighted by Crippen LogP contribution is -2.32. The second kappa shape index (κ2) is 8.45. The number of benzene rings is 2. The summed E-state index contributed by atoms with van der Waals surface area (Å²) in [6, 6.07) is 12.1. The van der Waals surface area contributed by atoms with E-state index in [9.17, 15) is 4.79 Å². The van der Waals surface area contributed by atoms with Crippen molar-refractivity contribution in [3.05, 3.63) is 47.5 Å². The van der Waals surface area contributed by atoms with E-state index in [1.54, 1.807) is 32.2 Å². The number of amides is 1. The molecule has 128 valence electrons. The average Bonchev–Trinajstić information content (AvgIpc) is 2.57. The standard InChI is InChI=1S/C18H21ClN2O3/c1-4-24-15-8-6-14(7-9-15)20-12(2)18(22)21-16-11-13(19)5-10-17(16)23-3/h5-12,20H,4H2,1-3H3,(H,21,22). The number of methoxy groups -OCH3 is 1. The van der Waals surface area contributed by atoms with Crippen LogP contribution in [-0.2, 0) is 4.79 Å². The van der Waals surface area contributed by atoms with Crippen molar-refractivity contribution in [2.24, 2.45) is 0 Å². The van der Waals surface area contributed by atoms with Crippen molar-refractivity contribution in [1.82, 2.24) is 0 Å². The minimum absolute atomic E-state index is 0.190. The molecule has 2 N–H and O–H groups in total. The highest BCUT2D eigenvalue weighted by Crippen LogP contribution is 2.28. The minimum Gasteiger partial charge on any atom is -0.495 e. The van der Waals surface area contributed by atoms with Gasteiger partial charge in [0.05, 0.1) is 19.4 Å². The zero-order chi connectivity index (χ0) is 17.5. The number of halogens is 1. The van der Waals surface area contributed by atoms with Crippen LogP contribution in [0.3, 0.4) is 0 Å². The smallest absolute Gasteiger partial charge is 0.246 e. The molecule has 0 heterocycles. The molecule has 2 aromatic rings. The first-order valence-corrected chi connectivity index (χ1v) is 8.05. The Morgan fingerprint density at radius 3 is 2.54 bits per heavy atom. The Morgan fingerprint density at radius 1 is 1.21 bits per heavy atom. The average molecular weight is 349 g/mol. The molecule has 2 rings (SSSR count). The Labute approximate surface area is 146 Å². The maximum Gasteiger partial charge on any atom is 0.246 e. The summed E-state index contributed by atoms with van der Waals surface area (Å²) < 4.78 is 10.6. The van der Waals surface area contributed by atoms with Gasteiger partial charge in [0.1, 0.15) is 17.5 Å². The molecular formula is C18H21ClN2O3. The van der Waals surface area contributed by atoms with Gasteiger partial charge < -0.3 is 20.1 Å². The Morgan fingerprint density at radius 2 is 1.92 bits per heavy atom. The van der Waals surface area contributed by atoms with E-state index in [1.165, 1.54) is 0 Å². The number of nitrogens with one attached hydrogen (secondary N) is 2. The van der Waals surface area contributed by atoms with Gasteiger partial charge in [0.25, 0.3) is 0 Å². The van der Waals surface area contributed by atoms with Gasteiger partial charge in [-0.15, -0.1) is 0 Å². The Balaban J connectivity index is 2.00. The molecule has 0 saturated heterocycles. The van der Waals surface area contributed by atoms with Gasteiger partial charge >= 0.3 is 0 Å². The highest BCUT2D eigenvalue weighted by Gasteiger charge is 2.15. The Bertz CT molecular complexity index is 689. The molecule has 0 aliphatic heterocycles. The molecule has 1 unspecified atom stereocenters. The lowest BCUT2D eigenvalue weighted by Gasteiger charge is -2.17. The summed E-state index contributed by atoms with van der Waals surface area (Å²) in [7, 11) is 1.54. The largest absolute Gasteiger partial charge is 0.495 e. The van der Waals surface area contributed by atoms with Gasteiger partial charge in [-0.05, 0) is 56.3 Å². The molecule has 0 aliphatic rings. The van der Waals surface area contributed by atoms with Crippen molar-refractivity contribution < 1.29 is 14.3 Å². The summed E-state index contributed by atoms with van der Waals surface area (Å²) in [6.45, 7) is 4.33. The molecule has 2 aromatic carbocycles. The van der Waals surface area contributed by atoms with Gasteiger partial charge in [0.2, 0.25) is 5.91 Å². The third-order valence-electron chi connectivity index (χ3n) is 3.36. The van der Waals surface area contributed by atoms with E-state index >= 15 is 0 Å². The van der Waals surface area contributed by atoms with Gasteiger partial charge in [-0.25, -0.2) is 0 Å². The Hall–Kier alpha value is -2.40. The van der Waals surface area contributed by atoms with E-state index in [-0.39, 0.29) is 5.91 Å². The van der Waals surface area contributed by atoms with Crippen molar-refractivity contribution in [2.45, 2.75) is 19.9 Å². The first-order chi connectivity index (χ1) is 11.5. The van der Waals surface area contributed by atoms with Gasteiger partial charge in [-0.3, -0.25) is 4.79 Å². The minimum atomic E-state index is -0.438. The number of anilines is 2. The molecule has 0 radical (unpaired) electrons. The SMILES string of the molecule is CCOc1ccc(NC(C)C(=O)Nc2cc(Cl)ccc2OC)cc1. The molecule has 1 amide bonds. The number of ether oxygens (including phenoxy) is 2. The summed E-state index contributed by atoms with van der Waals surface area (Å²) in [4.78, 5) is 12.4. The predicted octanol–water partition coefficient (Wildman–Crippen LogP) is 4.19. The lowest BCUT2D eigenvalue weighted by atomic mass is 10.2. The zero-order valence-electron chi connectivity index (χ0n) is 13.9. The van der Waals surface area contributed by atoms with Crippen molar-refractivity contribution in [2.75, 3.05) is 24.4 Å². The summed E-state index contributed by atoms with van der Waals surface area (Å²) >= 11 is 5.97. The molecule has 0 aliphatic carbocycles. The van der Waals surface area contributed by atoms with Crippen molar-refractivity contribution >= 4 is 28.9 Å². The van der Waals surface area contributed by atoms with Crippen LogP contribution < -0.4 is 20.1 Å². The van der Waals surface area contributed by atoms with Gasteiger partial charge in [0, 0.05) is 10.7 Å². The maximum absolute atomic E-state index is 12.4. The molecule has 0 saturated carbocycles. The van der Waals surface area contributed by atoms with Gasteiger partial charge in [-0.2, -0.15) is 0 Å². The van der Waals surface area contributed by atoms with E-state index in [0.29, 0.717) is 23.1 Å². The molecule has 0 bridgehead atoms. The quantitative estimate of drug-likeness (QED) is 0.787. The molecule has 24 heavy (non-hydrogen) atoms. The highest BCUT2D eigenvalue weighted by molar-refractivity contribution is 6.31. The van der Waals surface area contributed by atoms with Crippen LogP contribution in [0.4, 0.5) is 11.4 Å². The van der Waals surface area contributed by atoms with E-state index < -0.39 is 6.04 Å². The summed E-state index contributed by atoms with van der Waals surface area (Å²) in [5.74, 6) is 1.16. The maximum atomic E-state index is 12.4. The van der Waals surface area contributed by atoms with Crippen LogP contribution in [0.25, 0.3) is 0 Å². The molecule has 0 spiro atoms. The molecular weight excluding hydrogens is 328 g/mol. The number of hydrogen-bond acceptors (Lipinski definition) is 4. The predicted molar refractivity (Wildman–Crippen MR) is 97.3 cm³/mol. The second-order valence-electron chi connectivity index (χ2n) is 5.16. The van der Waals surface area contributed by atoms with Crippen LogP contribution in [0.15, 0.2) is 42.5 Å². The van der Waals surface area contributed by atoms with Crippen molar-refractivity contribution in [1.29, 1.82) is 0 Å². The fourth-order valence-corrected chi connectivity index (χ4v) is 2.32. The van der Waals surface area contributed by atoms with Crippen LogP contribution in [0.2, 0.25) is 5.02 Å². The number of rotatable bonds is 7. The van der Waals surface area contributed by atoms with Crippen LogP contribution in [0, 0.1) is 0 Å². The zero-order valence-corrected chi connectivity index (χ0v) is 14.7. The van der Waals surface area contributed by atoms with Crippen LogP contribution in [-0.4, -0.2) is 25.7 Å². The topological polar surface area (TPSA) is 59.6 Å². The summed E-state index contributed by atoms with van der Waals surface area (Å²) in [5.41, 5.74) is 1.37. The van der Waals surface area contributed by atoms with E-state index in [0.717, 1.165) is 11.4 Å². The lowest BCUT2D eigenvalue weighted by molar-refractivity contribution is -0.116. The van der Waals surface area contributed by atoms with Crippen molar-refractivity contribution in [3.63, 3.8) is 0 Å². The first kappa shape index (κ1) is 17.9. The fraction of sp³-hybridized carbons (Fsp3) is 0.278. The van der Waals surface area contributed by atoms with E-state index in [2.05, 4.69) is 10.6 Å². The van der Waals surface area contributed by atoms with E-state index in [4.69, 9.17) is 21.1 Å². The summed E-state index contributed by atoms with van der Waals surface area (Å²) in [6.07, 6.45) is 0. The molecule has 1 atom stereocenters. The molecule has 6 heteroatoms.